The number of nitrogens with one attached hydrogen (secondary N) is 1. The SMILES string of the molecule is CCCc1c(OCCCN2C(=O)NC(C)(c3ccccc3)C2=O)ccc2c(-c3ccccc3)onc12. The second kappa shape index (κ2) is 9.85. The lowest BCUT2D eigenvalue weighted by molar-refractivity contribution is -0.131. The number of urea groups is 1. The van der Waals surface area contributed by atoms with Crippen LogP contribution < -0.4 is 10.1 Å². The minimum atomic E-state index is -1.05. The molecule has 0 bridgehead atoms. The standard InChI is InChI=1S/C29H29N3O4/c1-3-11-22-24(17-16-23-25(22)31-36-26(23)20-12-6-4-7-13-20)35-19-10-18-32-27(33)29(2,30-28(32)34)21-14-8-5-9-15-21/h4-9,12-17H,3,10-11,18-19H2,1-2H3,(H,30,34). The Labute approximate surface area is 210 Å². The van der Waals surface area contributed by atoms with Crippen molar-refractivity contribution in [3.05, 3.63) is 83.9 Å². The third kappa shape index (κ3) is 4.21. The van der Waals surface area contributed by atoms with E-state index in [2.05, 4.69) is 17.4 Å². The van der Waals surface area contributed by atoms with Crippen LogP contribution in [-0.4, -0.2) is 35.1 Å². The van der Waals surface area contributed by atoms with Crippen LogP contribution in [0.4, 0.5) is 4.79 Å². The van der Waals surface area contributed by atoms with E-state index in [9.17, 15) is 9.59 Å². The molecule has 184 valence electrons. The fourth-order valence-corrected chi connectivity index (χ4v) is 4.74. The maximum Gasteiger partial charge on any atom is 0.325 e. The van der Waals surface area contributed by atoms with Gasteiger partial charge in [0, 0.05) is 17.7 Å². The van der Waals surface area contributed by atoms with Crippen LogP contribution in [0.2, 0.25) is 0 Å². The first-order valence-electron chi connectivity index (χ1n) is 12.3. The van der Waals surface area contributed by atoms with Crippen LogP contribution in [0.25, 0.3) is 22.2 Å². The Hall–Kier alpha value is -4.13. The van der Waals surface area contributed by atoms with Gasteiger partial charge in [-0.3, -0.25) is 9.69 Å². The second-order valence-corrected chi connectivity index (χ2v) is 9.15. The minimum Gasteiger partial charge on any atom is -0.493 e. The number of carbonyl (C=O) groups is 2. The molecule has 4 aromatic rings. The molecule has 36 heavy (non-hydrogen) atoms. The molecule has 1 aromatic heterocycles. The number of amides is 3. The molecule has 2 heterocycles. The maximum atomic E-state index is 13.1. The molecule has 7 heteroatoms. The number of aromatic nitrogens is 1. The molecule has 1 atom stereocenters. The van der Waals surface area contributed by atoms with Gasteiger partial charge in [-0.25, -0.2) is 4.79 Å². The number of nitrogens with zero attached hydrogens (tertiary/aromatic N) is 2. The average molecular weight is 484 g/mol. The van der Waals surface area contributed by atoms with Crippen molar-refractivity contribution in [2.24, 2.45) is 0 Å². The van der Waals surface area contributed by atoms with Gasteiger partial charge >= 0.3 is 6.03 Å². The lowest BCUT2D eigenvalue weighted by atomic mass is 9.92. The minimum absolute atomic E-state index is 0.247. The summed E-state index contributed by atoms with van der Waals surface area (Å²) in [7, 11) is 0. The smallest absolute Gasteiger partial charge is 0.325 e. The van der Waals surface area contributed by atoms with Crippen LogP contribution in [-0.2, 0) is 16.8 Å². The lowest BCUT2D eigenvalue weighted by Gasteiger charge is -2.22. The number of benzene rings is 3. The highest BCUT2D eigenvalue weighted by Gasteiger charge is 2.48. The quantitative estimate of drug-likeness (QED) is 0.244. The molecule has 0 saturated carbocycles. The summed E-state index contributed by atoms with van der Waals surface area (Å²) < 4.78 is 11.9. The fraction of sp³-hybridized carbons (Fsp3) is 0.276. The van der Waals surface area contributed by atoms with Gasteiger partial charge in [-0.05, 0) is 37.5 Å². The molecule has 1 aliphatic heterocycles. The van der Waals surface area contributed by atoms with E-state index in [1.807, 2.05) is 72.8 Å². The van der Waals surface area contributed by atoms with E-state index in [4.69, 9.17) is 9.26 Å². The maximum absolute atomic E-state index is 13.1. The van der Waals surface area contributed by atoms with Gasteiger partial charge in [0.25, 0.3) is 5.91 Å². The van der Waals surface area contributed by atoms with Crippen LogP contribution in [0, 0.1) is 0 Å². The van der Waals surface area contributed by atoms with Crippen LogP contribution in [0.1, 0.15) is 37.8 Å². The zero-order chi connectivity index (χ0) is 25.1. The summed E-state index contributed by atoms with van der Waals surface area (Å²) in [5.41, 5.74) is 2.50. The topological polar surface area (TPSA) is 84.7 Å². The fourth-order valence-electron chi connectivity index (χ4n) is 4.74. The summed E-state index contributed by atoms with van der Waals surface area (Å²) in [6, 6.07) is 22.8. The number of ether oxygens (including phenoxy) is 1. The van der Waals surface area contributed by atoms with Crippen molar-refractivity contribution in [3.63, 3.8) is 0 Å². The summed E-state index contributed by atoms with van der Waals surface area (Å²) in [6.07, 6.45) is 2.25. The van der Waals surface area contributed by atoms with Crippen LogP contribution in [0.3, 0.4) is 0 Å². The number of imide groups is 1. The van der Waals surface area contributed by atoms with Gasteiger partial charge < -0.3 is 14.6 Å². The van der Waals surface area contributed by atoms with Crippen molar-refractivity contribution in [1.29, 1.82) is 0 Å². The number of aryl methyl sites for hydroxylation is 1. The number of rotatable bonds is 9. The zero-order valence-corrected chi connectivity index (χ0v) is 20.5. The Morgan fingerprint density at radius 3 is 2.44 bits per heavy atom. The van der Waals surface area contributed by atoms with Gasteiger partial charge in [-0.15, -0.1) is 0 Å². The Bertz CT molecular complexity index is 1380. The first-order valence-corrected chi connectivity index (χ1v) is 12.3. The largest absolute Gasteiger partial charge is 0.493 e. The van der Waals surface area contributed by atoms with Gasteiger partial charge in [-0.1, -0.05) is 79.2 Å². The molecule has 1 N–H and O–H groups in total. The highest BCUT2D eigenvalue weighted by molar-refractivity contribution is 6.07. The van der Waals surface area contributed by atoms with Gasteiger partial charge in [0.05, 0.1) is 12.0 Å². The summed E-state index contributed by atoms with van der Waals surface area (Å²) in [4.78, 5) is 26.9. The van der Waals surface area contributed by atoms with Crippen molar-refractivity contribution >= 4 is 22.8 Å². The lowest BCUT2D eigenvalue weighted by Crippen LogP contribution is -2.41. The highest BCUT2D eigenvalue weighted by Crippen LogP contribution is 2.35. The van der Waals surface area contributed by atoms with E-state index in [0.717, 1.165) is 51.9 Å². The molecule has 5 rings (SSSR count). The first kappa shape index (κ1) is 23.6. The Kier molecular flexibility index (Phi) is 6.46. The predicted octanol–water partition coefficient (Wildman–Crippen LogP) is 5.68. The Balaban J connectivity index is 1.27. The number of hydrogen-bond donors (Lipinski definition) is 1. The molecule has 7 nitrogen and oxygen atoms in total. The van der Waals surface area contributed by atoms with Crippen LogP contribution in [0.15, 0.2) is 77.3 Å². The summed E-state index contributed by atoms with van der Waals surface area (Å²) >= 11 is 0. The molecule has 1 aliphatic rings. The van der Waals surface area contributed by atoms with E-state index in [1.54, 1.807) is 6.92 Å². The number of carbonyl (C=O) groups excluding carboxylic acids is 2. The van der Waals surface area contributed by atoms with E-state index in [-0.39, 0.29) is 18.5 Å². The molecule has 0 radical (unpaired) electrons. The monoisotopic (exact) mass is 483 g/mol. The third-order valence-corrected chi connectivity index (χ3v) is 6.66. The second-order valence-electron chi connectivity index (χ2n) is 9.15. The van der Waals surface area contributed by atoms with Crippen molar-refractivity contribution in [3.8, 4) is 17.1 Å². The van der Waals surface area contributed by atoms with E-state index in [0.29, 0.717) is 13.0 Å². The van der Waals surface area contributed by atoms with Crippen molar-refractivity contribution in [2.75, 3.05) is 13.2 Å². The van der Waals surface area contributed by atoms with E-state index in [1.165, 1.54) is 4.90 Å². The molecule has 1 unspecified atom stereocenters. The van der Waals surface area contributed by atoms with Crippen LogP contribution >= 0.6 is 0 Å². The molecule has 3 amide bonds. The third-order valence-electron chi connectivity index (χ3n) is 6.66. The highest BCUT2D eigenvalue weighted by atomic mass is 16.5. The van der Waals surface area contributed by atoms with Crippen molar-refractivity contribution in [2.45, 2.75) is 38.6 Å². The van der Waals surface area contributed by atoms with Gasteiger partial charge in [0.1, 0.15) is 16.8 Å². The van der Waals surface area contributed by atoms with E-state index < -0.39 is 5.54 Å². The van der Waals surface area contributed by atoms with Gasteiger partial charge in [-0.2, -0.15) is 0 Å². The normalized spacial score (nSPS) is 17.6. The van der Waals surface area contributed by atoms with E-state index >= 15 is 0 Å². The molecular weight excluding hydrogens is 454 g/mol. The molecule has 1 fully saturated rings. The molecule has 0 aliphatic carbocycles. The number of fused-ring (bicyclic) bond motifs is 1. The number of hydrogen-bond acceptors (Lipinski definition) is 5. The molecule has 0 spiro atoms. The molecular formula is C29H29N3O4. The average Bonchev–Trinajstić information content (AvgIpc) is 3.43. The Morgan fingerprint density at radius 2 is 1.72 bits per heavy atom. The summed E-state index contributed by atoms with van der Waals surface area (Å²) in [6.45, 7) is 4.50. The van der Waals surface area contributed by atoms with Gasteiger partial charge in [0.2, 0.25) is 0 Å². The first-order chi connectivity index (χ1) is 17.5. The molecule has 3 aromatic carbocycles. The van der Waals surface area contributed by atoms with Gasteiger partial charge in [0.15, 0.2) is 5.76 Å². The van der Waals surface area contributed by atoms with Crippen molar-refractivity contribution < 1.29 is 18.8 Å². The van der Waals surface area contributed by atoms with Crippen molar-refractivity contribution in [1.82, 2.24) is 15.4 Å². The van der Waals surface area contributed by atoms with Crippen LogP contribution in [0.5, 0.6) is 5.75 Å². The predicted molar refractivity (Wildman–Crippen MR) is 138 cm³/mol. The summed E-state index contributed by atoms with van der Waals surface area (Å²) in [5, 5.41) is 8.17. The Morgan fingerprint density at radius 1 is 1.00 bits per heavy atom. The molecule has 1 saturated heterocycles. The summed E-state index contributed by atoms with van der Waals surface area (Å²) in [5.74, 6) is 1.25. The zero-order valence-electron chi connectivity index (χ0n) is 20.5.